The molecule has 1 saturated heterocycles. The summed E-state index contributed by atoms with van der Waals surface area (Å²) in [7, 11) is 0. The summed E-state index contributed by atoms with van der Waals surface area (Å²) in [6.07, 6.45) is 1.86. The van der Waals surface area contributed by atoms with Gasteiger partial charge in [-0.2, -0.15) is 11.8 Å². The first kappa shape index (κ1) is 14.7. The van der Waals surface area contributed by atoms with Crippen molar-refractivity contribution in [2.24, 2.45) is 0 Å². The summed E-state index contributed by atoms with van der Waals surface area (Å²) in [6, 6.07) is 7.89. The zero-order chi connectivity index (χ0) is 13.7. The number of halogens is 1. The number of carbonyl (C=O) groups excluding carboxylic acids is 1. The van der Waals surface area contributed by atoms with Crippen LogP contribution in [0.2, 0.25) is 0 Å². The minimum Gasteiger partial charge on any atom is -0.464 e. The Morgan fingerprint density at radius 3 is 2.79 bits per heavy atom. The molecular formula is C14H18BrNO2S. The Bertz CT molecular complexity index is 430. The summed E-state index contributed by atoms with van der Waals surface area (Å²) in [6.45, 7) is 2.27. The Kier molecular flexibility index (Phi) is 5.16. The van der Waals surface area contributed by atoms with Gasteiger partial charge in [-0.15, -0.1) is 0 Å². The molecule has 0 amide bonds. The minimum absolute atomic E-state index is 0.134. The van der Waals surface area contributed by atoms with E-state index >= 15 is 0 Å². The smallest absolute Gasteiger partial charge is 0.332 e. The molecule has 1 aromatic rings. The van der Waals surface area contributed by atoms with Crippen LogP contribution in [-0.2, 0) is 9.53 Å². The second-order valence-electron chi connectivity index (χ2n) is 4.59. The van der Waals surface area contributed by atoms with Crippen LogP contribution in [0.3, 0.4) is 0 Å². The van der Waals surface area contributed by atoms with Crippen LogP contribution in [0, 0.1) is 0 Å². The molecular weight excluding hydrogens is 326 g/mol. The Morgan fingerprint density at radius 1 is 1.47 bits per heavy atom. The Hall–Kier alpha value is -0.680. The van der Waals surface area contributed by atoms with Gasteiger partial charge >= 0.3 is 5.97 Å². The number of carbonyl (C=O) groups is 1. The molecule has 1 unspecified atom stereocenters. The van der Waals surface area contributed by atoms with E-state index in [4.69, 9.17) is 4.74 Å². The van der Waals surface area contributed by atoms with Crippen molar-refractivity contribution in [3.8, 4) is 0 Å². The van der Waals surface area contributed by atoms with Gasteiger partial charge in [0, 0.05) is 15.9 Å². The van der Waals surface area contributed by atoms with E-state index in [0.29, 0.717) is 6.61 Å². The van der Waals surface area contributed by atoms with Crippen LogP contribution in [-0.4, -0.2) is 29.6 Å². The zero-order valence-corrected chi connectivity index (χ0v) is 13.4. The van der Waals surface area contributed by atoms with E-state index < -0.39 is 5.54 Å². The molecule has 0 aliphatic carbocycles. The standard InChI is InChI=1S/C14H18BrNO2S/c1-2-18-13(17)14(8-3-9-19-10-14)16-12-6-4-11(15)5-7-12/h4-7,16H,2-3,8-10H2,1H3. The van der Waals surface area contributed by atoms with Crippen molar-refractivity contribution in [2.75, 3.05) is 23.4 Å². The molecule has 3 nitrogen and oxygen atoms in total. The lowest BCUT2D eigenvalue weighted by Gasteiger charge is -2.36. The number of hydrogen-bond donors (Lipinski definition) is 1. The van der Waals surface area contributed by atoms with Crippen LogP contribution in [0.25, 0.3) is 0 Å². The Labute approximate surface area is 126 Å². The van der Waals surface area contributed by atoms with Crippen molar-refractivity contribution < 1.29 is 9.53 Å². The van der Waals surface area contributed by atoms with Gasteiger partial charge in [-0.05, 0) is 49.8 Å². The molecule has 1 fully saturated rings. The molecule has 2 rings (SSSR count). The number of hydrogen-bond acceptors (Lipinski definition) is 4. The van der Waals surface area contributed by atoms with Gasteiger partial charge in [0.25, 0.3) is 0 Å². The van der Waals surface area contributed by atoms with E-state index in [1.807, 2.05) is 31.2 Å². The number of benzene rings is 1. The molecule has 1 aliphatic heterocycles. The normalized spacial score (nSPS) is 22.8. The highest BCUT2D eigenvalue weighted by atomic mass is 79.9. The summed E-state index contributed by atoms with van der Waals surface area (Å²) in [5.41, 5.74) is 0.381. The van der Waals surface area contributed by atoms with Crippen LogP contribution < -0.4 is 5.32 Å². The fraction of sp³-hybridized carbons (Fsp3) is 0.500. The van der Waals surface area contributed by atoms with E-state index in [2.05, 4.69) is 21.2 Å². The van der Waals surface area contributed by atoms with E-state index in [1.165, 1.54) is 0 Å². The van der Waals surface area contributed by atoms with Gasteiger partial charge in [0.05, 0.1) is 6.61 Å². The van der Waals surface area contributed by atoms with Gasteiger partial charge in [0.2, 0.25) is 0 Å². The molecule has 0 bridgehead atoms. The summed E-state index contributed by atoms with van der Waals surface area (Å²) in [5, 5.41) is 3.39. The van der Waals surface area contributed by atoms with Crippen molar-refractivity contribution in [1.82, 2.24) is 0 Å². The monoisotopic (exact) mass is 343 g/mol. The van der Waals surface area contributed by atoms with Crippen LogP contribution in [0.4, 0.5) is 5.69 Å². The molecule has 1 N–H and O–H groups in total. The lowest BCUT2D eigenvalue weighted by atomic mass is 9.95. The fourth-order valence-electron chi connectivity index (χ4n) is 2.18. The van der Waals surface area contributed by atoms with Crippen LogP contribution in [0.1, 0.15) is 19.8 Å². The molecule has 0 radical (unpaired) electrons. The molecule has 1 aromatic carbocycles. The second-order valence-corrected chi connectivity index (χ2v) is 6.61. The molecule has 19 heavy (non-hydrogen) atoms. The minimum atomic E-state index is -0.577. The topological polar surface area (TPSA) is 38.3 Å². The molecule has 0 spiro atoms. The van der Waals surface area contributed by atoms with Gasteiger partial charge < -0.3 is 10.1 Å². The van der Waals surface area contributed by atoms with E-state index in [1.54, 1.807) is 11.8 Å². The first-order chi connectivity index (χ1) is 9.16. The number of anilines is 1. The molecule has 0 saturated carbocycles. The number of nitrogens with one attached hydrogen (secondary N) is 1. The predicted molar refractivity (Wildman–Crippen MR) is 83.7 cm³/mol. The third-order valence-electron chi connectivity index (χ3n) is 3.13. The maximum absolute atomic E-state index is 12.3. The maximum atomic E-state index is 12.3. The van der Waals surface area contributed by atoms with Crippen molar-refractivity contribution in [3.05, 3.63) is 28.7 Å². The van der Waals surface area contributed by atoms with E-state index in [-0.39, 0.29) is 5.97 Å². The number of rotatable bonds is 4. The third kappa shape index (κ3) is 3.66. The number of thioether (sulfide) groups is 1. The predicted octanol–water partition coefficient (Wildman–Crippen LogP) is 3.69. The summed E-state index contributed by atoms with van der Waals surface area (Å²) in [4.78, 5) is 12.3. The van der Waals surface area contributed by atoms with Gasteiger partial charge in [-0.3, -0.25) is 0 Å². The van der Waals surface area contributed by atoms with Crippen LogP contribution in [0.5, 0.6) is 0 Å². The van der Waals surface area contributed by atoms with Crippen molar-refractivity contribution >= 4 is 39.3 Å². The highest BCUT2D eigenvalue weighted by molar-refractivity contribution is 9.10. The zero-order valence-electron chi connectivity index (χ0n) is 10.9. The Morgan fingerprint density at radius 2 is 2.21 bits per heavy atom. The largest absolute Gasteiger partial charge is 0.464 e. The molecule has 1 aliphatic rings. The molecule has 1 heterocycles. The van der Waals surface area contributed by atoms with Crippen LogP contribution >= 0.6 is 27.7 Å². The average molecular weight is 344 g/mol. The quantitative estimate of drug-likeness (QED) is 0.846. The molecule has 0 aromatic heterocycles. The molecule has 5 heteroatoms. The van der Waals surface area contributed by atoms with Crippen molar-refractivity contribution in [3.63, 3.8) is 0 Å². The molecule has 104 valence electrons. The Balaban J connectivity index is 2.17. The van der Waals surface area contributed by atoms with Crippen molar-refractivity contribution in [2.45, 2.75) is 25.3 Å². The SMILES string of the molecule is CCOC(=O)C1(Nc2ccc(Br)cc2)CCCSC1. The number of ether oxygens (including phenoxy) is 1. The van der Waals surface area contributed by atoms with Crippen LogP contribution in [0.15, 0.2) is 28.7 Å². The average Bonchev–Trinajstić information content (AvgIpc) is 2.43. The second kappa shape index (κ2) is 6.66. The van der Waals surface area contributed by atoms with E-state index in [0.717, 1.165) is 34.5 Å². The van der Waals surface area contributed by atoms with Gasteiger partial charge in [0.15, 0.2) is 0 Å². The molecule has 1 atom stereocenters. The fourth-order valence-corrected chi connectivity index (χ4v) is 3.62. The van der Waals surface area contributed by atoms with E-state index in [9.17, 15) is 4.79 Å². The van der Waals surface area contributed by atoms with Gasteiger partial charge in [0.1, 0.15) is 5.54 Å². The summed E-state index contributed by atoms with van der Waals surface area (Å²) in [5.74, 6) is 1.75. The number of esters is 1. The lowest BCUT2D eigenvalue weighted by molar-refractivity contribution is -0.148. The first-order valence-electron chi connectivity index (χ1n) is 6.45. The highest BCUT2D eigenvalue weighted by Crippen LogP contribution is 2.32. The third-order valence-corrected chi connectivity index (χ3v) is 4.94. The van der Waals surface area contributed by atoms with Gasteiger partial charge in [-0.1, -0.05) is 15.9 Å². The van der Waals surface area contributed by atoms with Gasteiger partial charge in [-0.25, -0.2) is 4.79 Å². The summed E-state index contributed by atoms with van der Waals surface area (Å²) < 4.78 is 6.29. The summed E-state index contributed by atoms with van der Waals surface area (Å²) >= 11 is 5.22. The first-order valence-corrected chi connectivity index (χ1v) is 8.40. The highest BCUT2D eigenvalue weighted by Gasteiger charge is 2.41. The van der Waals surface area contributed by atoms with Crippen molar-refractivity contribution in [1.29, 1.82) is 0 Å². The maximum Gasteiger partial charge on any atom is 0.332 e. The lowest BCUT2D eigenvalue weighted by Crippen LogP contribution is -2.51.